The van der Waals surface area contributed by atoms with E-state index in [0.29, 0.717) is 0 Å². The van der Waals surface area contributed by atoms with E-state index in [1.807, 2.05) is 18.2 Å². The molecule has 2 rings (SSSR count). The standard InChI is InChI=1S/C17H21NO/c1-12-9-10-13(2)16(11-12)18-14(3)15-7-5-6-8-17(15)19-4/h5-11,14,18H,1-4H3. The summed E-state index contributed by atoms with van der Waals surface area (Å²) in [6.07, 6.45) is 0. The van der Waals surface area contributed by atoms with Crippen molar-refractivity contribution >= 4 is 5.69 Å². The lowest BCUT2D eigenvalue weighted by Gasteiger charge is -2.20. The van der Waals surface area contributed by atoms with Gasteiger partial charge in [0.15, 0.2) is 0 Å². The van der Waals surface area contributed by atoms with Gasteiger partial charge in [-0.2, -0.15) is 0 Å². The van der Waals surface area contributed by atoms with Crippen LogP contribution in [0.25, 0.3) is 0 Å². The molecule has 0 heterocycles. The maximum Gasteiger partial charge on any atom is 0.124 e. The highest BCUT2D eigenvalue weighted by atomic mass is 16.5. The number of nitrogens with one attached hydrogen (secondary N) is 1. The molecule has 2 aromatic rings. The first-order valence-electron chi connectivity index (χ1n) is 6.58. The minimum Gasteiger partial charge on any atom is -0.496 e. The first-order valence-corrected chi connectivity index (χ1v) is 6.58. The third kappa shape index (κ3) is 3.08. The molecule has 0 aliphatic carbocycles. The average Bonchev–Trinajstić information content (AvgIpc) is 2.42. The van der Waals surface area contributed by atoms with Gasteiger partial charge in [-0.3, -0.25) is 0 Å². The first-order chi connectivity index (χ1) is 9.11. The van der Waals surface area contributed by atoms with E-state index in [4.69, 9.17) is 4.74 Å². The molecule has 0 spiro atoms. The molecule has 19 heavy (non-hydrogen) atoms. The van der Waals surface area contributed by atoms with Gasteiger partial charge in [0.1, 0.15) is 5.75 Å². The number of anilines is 1. The van der Waals surface area contributed by atoms with Crippen LogP contribution in [-0.2, 0) is 0 Å². The highest BCUT2D eigenvalue weighted by Gasteiger charge is 2.11. The summed E-state index contributed by atoms with van der Waals surface area (Å²) in [5, 5.41) is 3.56. The predicted molar refractivity (Wildman–Crippen MR) is 80.9 cm³/mol. The molecule has 1 N–H and O–H groups in total. The lowest BCUT2D eigenvalue weighted by Crippen LogP contribution is -2.09. The van der Waals surface area contributed by atoms with Gasteiger partial charge in [0, 0.05) is 11.3 Å². The molecule has 0 saturated heterocycles. The van der Waals surface area contributed by atoms with Crippen LogP contribution in [0.15, 0.2) is 42.5 Å². The molecule has 2 aromatic carbocycles. The molecule has 2 nitrogen and oxygen atoms in total. The summed E-state index contributed by atoms with van der Waals surface area (Å²) < 4.78 is 5.42. The summed E-state index contributed by atoms with van der Waals surface area (Å²) in [6, 6.07) is 14.8. The molecule has 1 atom stereocenters. The smallest absolute Gasteiger partial charge is 0.124 e. The largest absolute Gasteiger partial charge is 0.496 e. The zero-order valence-corrected chi connectivity index (χ0v) is 12.0. The quantitative estimate of drug-likeness (QED) is 0.869. The number of hydrogen-bond donors (Lipinski definition) is 1. The maximum atomic E-state index is 5.42. The Morgan fingerprint density at radius 3 is 2.53 bits per heavy atom. The van der Waals surface area contributed by atoms with Gasteiger partial charge in [0.25, 0.3) is 0 Å². The van der Waals surface area contributed by atoms with Crippen LogP contribution in [0.2, 0.25) is 0 Å². The van der Waals surface area contributed by atoms with Gasteiger partial charge in [0.2, 0.25) is 0 Å². The number of benzene rings is 2. The molecule has 0 bridgehead atoms. The van der Waals surface area contributed by atoms with Crippen LogP contribution in [-0.4, -0.2) is 7.11 Å². The molecular formula is C17H21NO. The van der Waals surface area contributed by atoms with Gasteiger partial charge in [-0.25, -0.2) is 0 Å². The van der Waals surface area contributed by atoms with Crippen LogP contribution >= 0.6 is 0 Å². The van der Waals surface area contributed by atoms with Gasteiger partial charge in [-0.1, -0.05) is 30.3 Å². The topological polar surface area (TPSA) is 21.3 Å². The van der Waals surface area contributed by atoms with Crippen molar-refractivity contribution in [2.45, 2.75) is 26.8 Å². The average molecular weight is 255 g/mol. The fraction of sp³-hybridized carbons (Fsp3) is 0.294. The Kier molecular flexibility index (Phi) is 4.10. The molecule has 0 aromatic heterocycles. The lowest BCUT2D eigenvalue weighted by molar-refractivity contribution is 0.408. The summed E-state index contributed by atoms with van der Waals surface area (Å²) in [4.78, 5) is 0. The third-order valence-corrected chi connectivity index (χ3v) is 3.37. The van der Waals surface area contributed by atoms with Crippen molar-refractivity contribution in [3.8, 4) is 5.75 Å². The second kappa shape index (κ2) is 5.79. The van der Waals surface area contributed by atoms with E-state index in [1.54, 1.807) is 7.11 Å². The van der Waals surface area contributed by atoms with E-state index < -0.39 is 0 Å². The monoisotopic (exact) mass is 255 g/mol. The molecule has 0 aliphatic heterocycles. The maximum absolute atomic E-state index is 5.42. The van der Waals surface area contributed by atoms with Crippen molar-refractivity contribution in [1.29, 1.82) is 0 Å². The molecule has 0 amide bonds. The molecular weight excluding hydrogens is 234 g/mol. The number of para-hydroxylation sites is 1. The summed E-state index contributed by atoms with van der Waals surface area (Å²) in [5.41, 5.74) is 4.87. The normalized spacial score (nSPS) is 12.0. The Bertz CT molecular complexity index is 563. The van der Waals surface area contributed by atoms with E-state index in [2.05, 4.69) is 50.4 Å². The highest BCUT2D eigenvalue weighted by Crippen LogP contribution is 2.28. The fourth-order valence-corrected chi connectivity index (χ4v) is 2.23. The Labute approximate surface area is 115 Å². The van der Waals surface area contributed by atoms with Crippen LogP contribution in [0.5, 0.6) is 5.75 Å². The van der Waals surface area contributed by atoms with Crippen LogP contribution in [0, 0.1) is 13.8 Å². The van der Waals surface area contributed by atoms with Crippen LogP contribution in [0.1, 0.15) is 29.7 Å². The number of hydrogen-bond acceptors (Lipinski definition) is 2. The Morgan fingerprint density at radius 2 is 1.79 bits per heavy atom. The van der Waals surface area contributed by atoms with E-state index in [-0.39, 0.29) is 6.04 Å². The molecule has 0 radical (unpaired) electrons. The number of aryl methyl sites for hydroxylation is 2. The van der Waals surface area contributed by atoms with Gasteiger partial charge in [0.05, 0.1) is 13.2 Å². The Morgan fingerprint density at radius 1 is 1.05 bits per heavy atom. The first kappa shape index (κ1) is 13.5. The SMILES string of the molecule is COc1ccccc1C(C)Nc1cc(C)ccc1C. The minimum atomic E-state index is 0.205. The molecule has 0 aliphatic rings. The molecule has 100 valence electrons. The van der Waals surface area contributed by atoms with Crippen molar-refractivity contribution in [3.63, 3.8) is 0 Å². The van der Waals surface area contributed by atoms with Gasteiger partial charge in [-0.15, -0.1) is 0 Å². The van der Waals surface area contributed by atoms with E-state index in [9.17, 15) is 0 Å². The number of rotatable bonds is 4. The lowest BCUT2D eigenvalue weighted by atomic mass is 10.1. The van der Waals surface area contributed by atoms with Crippen molar-refractivity contribution < 1.29 is 4.74 Å². The summed E-state index contributed by atoms with van der Waals surface area (Å²) >= 11 is 0. The van der Waals surface area contributed by atoms with E-state index >= 15 is 0 Å². The number of ether oxygens (including phenoxy) is 1. The number of methoxy groups -OCH3 is 1. The van der Waals surface area contributed by atoms with Crippen molar-refractivity contribution in [1.82, 2.24) is 0 Å². The van der Waals surface area contributed by atoms with Gasteiger partial charge >= 0.3 is 0 Å². The zero-order chi connectivity index (χ0) is 13.8. The van der Waals surface area contributed by atoms with E-state index in [1.165, 1.54) is 22.4 Å². The Hall–Kier alpha value is -1.96. The third-order valence-electron chi connectivity index (χ3n) is 3.37. The molecule has 2 heteroatoms. The summed E-state index contributed by atoms with van der Waals surface area (Å²) in [5.74, 6) is 0.924. The highest BCUT2D eigenvalue weighted by molar-refractivity contribution is 5.54. The van der Waals surface area contributed by atoms with E-state index in [0.717, 1.165) is 5.75 Å². The summed E-state index contributed by atoms with van der Waals surface area (Å²) in [7, 11) is 1.71. The zero-order valence-electron chi connectivity index (χ0n) is 12.0. The second-order valence-corrected chi connectivity index (χ2v) is 4.93. The summed E-state index contributed by atoms with van der Waals surface area (Å²) in [6.45, 7) is 6.38. The second-order valence-electron chi connectivity index (χ2n) is 4.93. The fourth-order valence-electron chi connectivity index (χ4n) is 2.23. The van der Waals surface area contributed by atoms with Gasteiger partial charge in [-0.05, 0) is 44.0 Å². The van der Waals surface area contributed by atoms with Gasteiger partial charge < -0.3 is 10.1 Å². The van der Waals surface area contributed by atoms with Crippen LogP contribution in [0.4, 0.5) is 5.69 Å². The molecule has 0 fully saturated rings. The predicted octanol–water partition coefficient (Wildman–Crippen LogP) is 4.49. The van der Waals surface area contributed by atoms with Crippen LogP contribution in [0.3, 0.4) is 0 Å². The van der Waals surface area contributed by atoms with Crippen LogP contribution < -0.4 is 10.1 Å². The molecule has 1 unspecified atom stereocenters. The Balaban J connectivity index is 2.25. The molecule has 0 saturated carbocycles. The van der Waals surface area contributed by atoms with Crippen molar-refractivity contribution in [3.05, 3.63) is 59.2 Å². The van der Waals surface area contributed by atoms with Crippen molar-refractivity contribution in [2.24, 2.45) is 0 Å². The van der Waals surface area contributed by atoms with Crippen molar-refractivity contribution in [2.75, 3.05) is 12.4 Å². The minimum absolute atomic E-state index is 0.205.